The first-order valence-corrected chi connectivity index (χ1v) is 5.33. The molecule has 0 aliphatic carbocycles. The molecule has 1 aromatic carbocycles. The summed E-state index contributed by atoms with van der Waals surface area (Å²) in [6, 6.07) is 4.80. The molecule has 7 heteroatoms. The van der Waals surface area contributed by atoms with Crippen molar-refractivity contribution in [1.29, 1.82) is 5.41 Å². The number of methoxy groups -OCH3 is 1. The highest BCUT2D eigenvalue weighted by Gasteiger charge is 2.05. The molecule has 0 spiro atoms. The number of nitrogens with one attached hydrogen (secondary N) is 1. The summed E-state index contributed by atoms with van der Waals surface area (Å²) in [5.74, 6) is 0.745. The molecule has 16 heavy (non-hydrogen) atoms. The van der Waals surface area contributed by atoms with Crippen LogP contribution >= 0.6 is 11.8 Å². The molecule has 0 aliphatic heterocycles. The van der Waals surface area contributed by atoms with Gasteiger partial charge >= 0.3 is 0 Å². The zero-order valence-electron chi connectivity index (χ0n) is 8.64. The van der Waals surface area contributed by atoms with E-state index in [2.05, 4.69) is 0 Å². The van der Waals surface area contributed by atoms with Crippen LogP contribution in [0, 0.1) is 10.6 Å². The number of hydrogen-bond acceptors (Lipinski definition) is 6. The average molecular weight is 242 g/mol. The second kappa shape index (κ2) is 5.59. The SMILES string of the molecule is COc1ccc(CSC(=N)N)cc1N([O-])O. The van der Waals surface area contributed by atoms with E-state index in [0.717, 1.165) is 17.3 Å². The Kier molecular flexibility index (Phi) is 4.41. The van der Waals surface area contributed by atoms with E-state index in [1.807, 2.05) is 0 Å². The normalized spacial score (nSPS) is 9.94. The van der Waals surface area contributed by atoms with Gasteiger partial charge in [0.05, 0.1) is 12.8 Å². The Balaban J connectivity index is 2.89. The molecule has 4 N–H and O–H groups in total. The molecule has 0 bridgehead atoms. The monoisotopic (exact) mass is 242 g/mol. The minimum absolute atomic E-state index is 0.000320. The van der Waals surface area contributed by atoms with Crippen molar-refractivity contribution in [1.82, 2.24) is 0 Å². The first-order valence-electron chi connectivity index (χ1n) is 4.34. The molecule has 88 valence electrons. The second-order valence-corrected chi connectivity index (χ2v) is 3.95. The predicted molar refractivity (Wildman–Crippen MR) is 63.8 cm³/mol. The number of thioether (sulfide) groups is 1. The van der Waals surface area contributed by atoms with E-state index in [1.54, 1.807) is 12.1 Å². The van der Waals surface area contributed by atoms with Crippen molar-refractivity contribution < 1.29 is 9.94 Å². The summed E-state index contributed by atoms with van der Waals surface area (Å²) in [6.45, 7) is 0. The molecule has 1 aromatic rings. The molecule has 0 heterocycles. The van der Waals surface area contributed by atoms with Crippen molar-refractivity contribution in [3.63, 3.8) is 0 Å². The fourth-order valence-corrected chi connectivity index (χ4v) is 1.64. The number of nitrogens with zero attached hydrogens (tertiary/aromatic N) is 1. The van der Waals surface area contributed by atoms with Crippen LogP contribution in [-0.4, -0.2) is 17.5 Å². The Labute approximate surface area is 97.0 Å². The van der Waals surface area contributed by atoms with Crippen LogP contribution in [0.25, 0.3) is 0 Å². The summed E-state index contributed by atoms with van der Waals surface area (Å²) in [5, 5.41) is 26.5. The zero-order chi connectivity index (χ0) is 12.1. The van der Waals surface area contributed by atoms with Crippen LogP contribution in [-0.2, 0) is 5.75 Å². The molecule has 6 nitrogen and oxygen atoms in total. The Morgan fingerprint density at radius 1 is 1.69 bits per heavy atom. The van der Waals surface area contributed by atoms with Crippen molar-refractivity contribution in [3.8, 4) is 5.75 Å². The molecule has 0 aliphatic rings. The Morgan fingerprint density at radius 2 is 2.38 bits per heavy atom. The number of nitrogens with two attached hydrogens (primary N) is 1. The minimum Gasteiger partial charge on any atom is -0.733 e. The van der Waals surface area contributed by atoms with Crippen molar-refractivity contribution in [2.75, 3.05) is 12.3 Å². The molecule has 0 fully saturated rings. The molecule has 0 unspecified atom stereocenters. The highest BCUT2D eigenvalue weighted by atomic mass is 32.2. The third kappa shape index (κ3) is 3.30. The summed E-state index contributed by atoms with van der Waals surface area (Å²) in [5.41, 5.74) is 6.00. The summed E-state index contributed by atoms with van der Waals surface area (Å²) >= 11 is 1.14. The molecule has 0 saturated heterocycles. The van der Waals surface area contributed by atoms with Crippen molar-refractivity contribution >= 4 is 22.6 Å². The lowest BCUT2D eigenvalue weighted by Crippen LogP contribution is -2.09. The fourth-order valence-electron chi connectivity index (χ4n) is 1.14. The van der Waals surface area contributed by atoms with Gasteiger partial charge in [-0.2, -0.15) is 0 Å². The predicted octanol–water partition coefficient (Wildman–Crippen LogP) is 1.52. The first kappa shape index (κ1) is 12.6. The van der Waals surface area contributed by atoms with E-state index in [1.165, 1.54) is 13.2 Å². The van der Waals surface area contributed by atoms with Crippen LogP contribution in [0.15, 0.2) is 18.2 Å². The fraction of sp³-hybridized carbons (Fsp3) is 0.222. The van der Waals surface area contributed by atoms with Gasteiger partial charge in [-0.05, 0) is 17.7 Å². The summed E-state index contributed by atoms with van der Waals surface area (Å²) in [4.78, 5) is 0. The number of anilines is 1. The van der Waals surface area contributed by atoms with E-state index < -0.39 is 0 Å². The molecule has 0 atom stereocenters. The maximum absolute atomic E-state index is 10.8. The molecule has 0 amide bonds. The van der Waals surface area contributed by atoms with Gasteiger partial charge in [0.15, 0.2) is 5.17 Å². The molecule has 0 saturated carbocycles. The summed E-state index contributed by atoms with van der Waals surface area (Å²) < 4.78 is 4.91. The number of benzene rings is 1. The first-order chi connectivity index (χ1) is 7.54. The number of ether oxygens (including phenoxy) is 1. The number of rotatable bonds is 4. The van der Waals surface area contributed by atoms with E-state index in [0.29, 0.717) is 5.75 Å². The average Bonchev–Trinajstić information content (AvgIpc) is 2.25. The van der Waals surface area contributed by atoms with Gasteiger partial charge in [-0.3, -0.25) is 10.6 Å². The molecule has 0 aromatic heterocycles. The lowest BCUT2D eigenvalue weighted by molar-refractivity contribution is 0.290. The van der Waals surface area contributed by atoms with Gasteiger partial charge in [0.1, 0.15) is 5.75 Å². The Morgan fingerprint density at radius 3 is 2.88 bits per heavy atom. The standard InChI is InChI=1S/C9H12N3O3S/c1-15-8-3-2-6(5-16-9(10)11)4-7(8)12(13)14/h2-4,13H,5H2,1H3,(H3,10,11)/q-1. The van der Waals surface area contributed by atoms with Crippen LogP contribution in [0.2, 0.25) is 0 Å². The summed E-state index contributed by atoms with van der Waals surface area (Å²) in [7, 11) is 1.41. The van der Waals surface area contributed by atoms with Crippen LogP contribution in [0.1, 0.15) is 5.56 Å². The molecular formula is C9H12N3O3S-. The maximum Gasteiger partial charge on any atom is 0.151 e. The van der Waals surface area contributed by atoms with E-state index >= 15 is 0 Å². The maximum atomic E-state index is 10.8. The Hall–Kier alpha value is -1.44. The highest BCUT2D eigenvalue weighted by molar-refractivity contribution is 8.13. The van der Waals surface area contributed by atoms with E-state index in [4.69, 9.17) is 21.1 Å². The van der Waals surface area contributed by atoms with Crippen LogP contribution in [0.4, 0.5) is 5.69 Å². The lowest BCUT2D eigenvalue weighted by Gasteiger charge is -2.24. The van der Waals surface area contributed by atoms with Crippen molar-refractivity contribution in [2.24, 2.45) is 5.73 Å². The van der Waals surface area contributed by atoms with Gasteiger partial charge in [-0.25, -0.2) is 0 Å². The van der Waals surface area contributed by atoms with Gasteiger partial charge in [-0.15, -0.1) is 0 Å². The number of hydrogen-bond donors (Lipinski definition) is 3. The topological polar surface area (TPSA) is 106 Å². The van der Waals surface area contributed by atoms with Crippen molar-refractivity contribution in [2.45, 2.75) is 5.75 Å². The molecular weight excluding hydrogens is 230 g/mol. The summed E-state index contributed by atoms with van der Waals surface area (Å²) in [6.07, 6.45) is 0. The van der Waals surface area contributed by atoms with E-state index in [-0.39, 0.29) is 21.8 Å². The van der Waals surface area contributed by atoms with E-state index in [9.17, 15) is 5.21 Å². The Bertz CT molecular complexity index is 384. The largest absolute Gasteiger partial charge is 0.733 e. The van der Waals surface area contributed by atoms with Gasteiger partial charge in [0.25, 0.3) is 0 Å². The number of amidine groups is 1. The van der Waals surface area contributed by atoms with Crippen molar-refractivity contribution in [3.05, 3.63) is 29.0 Å². The minimum atomic E-state index is -0.249. The quantitative estimate of drug-likeness (QED) is 0.420. The van der Waals surface area contributed by atoms with Gasteiger partial charge < -0.3 is 20.9 Å². The zero-order valence-corrected chi connectivity index (χ0v) is 9.45. The third-order valence-corrected chi connectivity index (χ3v) is 2.63. The second-order valence-electron chi connectivity index (χ2n) is 2.93. The highest BCUT2D eigenvalue weighted by Crippen LogP contribution is 2.29. The van der Waals surface area contributed by atoms with Gasteiger partial charge in [0, 0.05) is 5.75 Å². The lowest BCUT2D eigenvalue weighted by atomic mass is 10.2. The van der Waals surface area contributed by atoms with Crippen LogP contribution < -0.4 is 15.7 Å². The van der Waals surface area contributed by atoms with Crippen LogP contribution in [0.3, 0.4) is 0 Å². The van der Waals surface area contributed by atoms with Gasteiger partial charge in [0.2, 0.25) is 0 Å². The smallest absolute Gasteiger partial charge is 0.151 e. The third-order valence-electron chi connectivity index (χ3n) is 1.84. The molecule has 1 rings (SSSR count). The molecule has 0 radical (unpaired) electrons. The van der Waals surface area contributed by atoms with Crippen LogP contribution in [0.5, 0.6) is 5.75 Å². The van der Waals surface area contributed by atoms with Gasteiger partial charge in [-0.1, -0.05) is 17.8 Å².